The highest BCUT2D eigenvalue weighted by molar-refractivity contribution is 6.30. The Balaban J connectivity index is 2.09. The standard InChI is InChI=1S/C17H19ClFNO/c1-3-20-17(13-8-12(2)9-15(19)10-13)11-21-16-6-4-14(18)5-7-16/h4-10,17,20H,3,11H2,1-2H3. The van der Waals surface area contributed by atoms with Gasteiger partial charge in [-0.05, 0) is 61.0 Å². The first kappa shape index (κ1) is 15.8. The van der Waals surface area contributed by atoms with Crippen LogP contribution in [0.2, 0.25) is 5.02 Å². The van der Waals surface area contributed by atoms with Crippen LogP contribution in [-0.2, 0) is 0 Å². The van der Waals surface area contributed by atoms with Crippen LogP contribution in [0, 0.1) is 12.7 Å². The summed E-state index contributed by atoms with van der Waals surface area (Å²) in [5.74, 6) is 0.523. The summed E-state index contributed by atoms with van der Waals surface area (Å²) in [5.41, 5.74) is 1.79. The first-order chi connectivity index (χ1) is 10.1. The lowest BCUT2D eigenvalue weighted by atomic mass is 10.0. The van der Waals surface area contributed by atoms with E-state index in [0.29, 0.717) is 11.6 Å². The van der Waals surface area contributed by atoms with Crippen LogP contribution in [0.15, 0.2) is 42.5 Å². The minimum Gasteiger partial charge on any atom is -0.492 e. The summed E-state index contributed by atoms with van der Waals surface area (Å²) in [6, 6.07) is 12.2. The SMILES string of the molecule is CCNC(COc1ccc(Cl)cc1)c1cc(C)cc(F)c1. The van der Waals surface area contributed by atoms with Crippen molar-refractivity contribution in [1.82, 2.24) is 5.32 Å². The molecule has 1 unspecified atom stereocenters. The van der Waals surface area contributed by atoms with E-state index in [9.17, 15) is 4.39 Å². The summed E-state index contributed by atoms with van der Waals surface area (Å²) in [5, 5.41) is 3.99. The summed E-state index contributed by atoms with van der Waals surface area (Å²) in [6.07, 6.45) is 0. The van der Waals surface area contributed by atoms with Gasteiger partial charge in [0.1, 0.15) is 18.2 Å². The number of halogens is 2. The van der Waals surface area contributed by atoms with Crippen LogP contribution in [0.4, 0.5) is 4.39 Å². The van der Waals surface area contributed by atoms with Crippen LogP contribution >= 0.6 is 11.6 Å². The van der Waals surface area contributed by atoms with E-state index in [1.807, 2.05) is 32.0 Å². The molecular formula is C17H19ClFNO. The zero-order valence-corrected chi connectivity index (χ0v) is 13.0. The van der Waals surface area contributed by atoms with Gasteiger partial charge in [-0.1, -0.05) is 24.6 Å². The molecule has 0 amide bonds. The Bertz CT molecular complexity index is 566. The fourth-order valence-electron chi connectivity index (χ4n) is 2.20. The Kier molecular flexibility index (Phi) is 5.59. The minimum absolute atomic E-state index is 0.0555. The Morgan fingerprint density at radius 1 is 1.19 bits per heavy atom. The van der Waals surface area contributed by atoms with Gasteiger partial charge < -0.3 is 10.1 Å². The summed E-state index contributed by atoms with van der Waals surface area (Å²) in [6.45, 7) is 5.11. The molecule has 2 aromatic carbocycles. The summed E-state index contributed by atoms with van der Waals surface area (Å²) < 4.78 is 19.3. The van der Waals surface area contributed by atoms with Crippen molar-refractivity contribution in [3.63, 3.8) is 0 Å². The van der Waals surface area contributed by atoms with E-state index in [2.05, 4.69) is 5.32 Å². The first-order valence-corrected chi connectivity index (χ1v) is 7.35. The molecule has 0 bridgehead atoms. The number of rotatable bonds is 6. The van der Waals surface area contributed by atoms with E-state index in [1.165, 1.54) is 6.07 Å². The van der Waals surface area contributed by atoms with Gasteiger partial charge >= 0.3 is 0 Å². The maximum Gasteiger partial charge on any atom is 0.123 e. The fourth-order valence-corrected chi connectivity index (χ4v) is 2.32. The van der Waals surface area contributed by atoms with E-state index >= 15 is 0 Å². The van der Waals surface area contributed by atoms with Crippen molar-refractivity contribution >= 4 is 11.6 Å². The summed E-state index contributed by atoms with van der Waals surface area (Å²) in [7, 11) is 0. The largest absolute Gasteiger partial charge is 0.492 e. The van der Waals surface area contributed by atoms with Gasteiger partial charge in [-0.25, -0.2) is 4.39 Å². The smallest absolute Gasteiger partial charge is 0.123 e. The first-order valence-electron chi connectivity index (χ1n) is 6.97. The lowest BCUT2D eigenvalue weighted by Crippen LogP contribution is -2.26. The van der Waals surface area contributed by atoms with Crippen LogP contribution in [0.1, 0.15) is 24.1 Å². The number of ether oxygens (including phenoxy) is 1. The molecule has 112 valence electrons. The average molecular weight is 308 g/mol. The third kappa shape index (κ3) is 4.73. The molecule has 0 aliphatic heterocycles. The normalized spacial score (nSPS) is 12.2. The van der Waals surface area contributed by atoms with Crippen LogP contribution in [0.25, 0.3) is 0 Å². The van der Waals surface area contributed by atoms with Crippen molar-refractivity contribution in [2.45, 2.75) is 19.9 Å². The number of nitrogens with one attached hydrogen (secondary N) is 1. The van der Waals surface area contributed by atoms with Gasteiger partial charge in [0, 0.05) is 5.02 Å². The number of hydrogen-bond donors (Lipinski definition) is 1. The third-order valence-electron chi connectivity index (χ3n) is 3.15. The number of hydrogen-bond acceptors (Lipinski definition) is 2. The lowest BCUT2D eigenvalue weighted by Gasteiger charge is -2.19. The van der Waals surface area contributed by atoms with Crippen LogP contribution < -0.4 is 10.1 Å². The molecule has 1 atom stereocenters. The van der Waals surface area contributed by atoms with Gasteiger partial charge in [0.25, 0.3) is 0 Å². The van der Waals surface area contributed by atoms with Crippen LogP contribution in [-0.4, -0.2) is 13.2 Å². The van der Waals surface area contributed by atoms with Crippen molar-refractivity contribution in [3.05, 3.63) is 64.4 Å². The van der Waals surface area contributed by atoms with Gasteiger partial charge in [0.15, 0.2) is 0 Å². The van der Waals surface area contributed by atoms with E-state index in [-0.39, 0.29) is 11.9 Å². The Morgan fingerprint density at radius 3 is 2.52 bits per heavy atom. The van der Waals surface area contributed by atoms with E-state index in [1.54, 1.807) is 18.2 Å². The number of likely N-dealkylation sites (N-methyl/N-ethyl adjacent to an activating group) is 1. The van der Waals surface area contributed by atoms with E-state index < -0.39 is 0 Å². The van der Waals surface area contributed by atoms with Crippen molar-refractivity contribution in [3.8, 4) is 5.75 Å². The molecule has 0 saturated heterocycles. The van der Waals surface area contributed by atoms with E-state index in [0.717, 1.165) is 23.4 Å². The average Bonchev–Trinajstić information content (AvgIpc) is 2.44. The molecule has 2 aromatic rings. The quantitative estimate of drug-likeness (QED) is 0.847. The Labute approximate surface area is 129 Å². The fraction of sp³-hybridized carbons (Fsp3) is 0.294. The minimum atomic E-state index is -0.223. The molecule has 0 radical (unpaired) electrons. The molecule has 4 heteroatoms. The van der Waals surface area contributed by atoms with Gasteiger partial charge in [0.2, 0.25) is 0 Å². The van der Waals surface area contributed by atoms with Gasteiger partial charge in [-0.3, -0.25) is 0 Å². The topological polar surface area (TPSA) is 21.3 Å². The van der Waals surface area contributed by atoms with Gasteiger partial charge in [0.05, 0.1) is 6.04 Å². The maximum atomic E-state index is 13.6. The molecular weight excluding hydrogens is 289 g/mol. The van der Waals surface area contributed by atoms with Crippen molar-refractivity contribution in [2.75, 3.05) is 13.2 Å². The number of benzene rings is 2. The molecule has 0 fully saturated rings. The molecule has 2 nitrogen and oxygen atoms in total. The molecule has 0 aromatic heterocycles. The molecule has 1 N–H and O–H groups in total. The summed E-state index contributed by atoms with van der Waals surface area (Å²) >= 11 is 5.85. The van der Waals surface area contributed by atoms with Crippen molar-refractivity contribution in [1.29, 1.82) is 0 Å². The van der Waals surface area contributed by atoms with Crippen LogP contribution in [0.5, 0.6) is 5.75 Å². The zero-order chi connectivity index (χ0) is 15.2. The highest BCUT2D eigenvalue weighted by Crippen LogP contribution is 2.20. The molecule has 0 aliphatic rings. The van der Waals surface area contributed by atoms with Crippen LogP contribution in [0.3, 0.4) is 0 Å². The highest BCUT2D eigenvalue weighted by Gasteiger charge is 2.13. The molecule has 0 aliphatic carbocycles. The highest BCUT2D eigenvalue weighted by atomic mass is 35.5. The van der Waals surface area contributed by atoms with Gasteiger partial charge in [-0.15, -0.1) is 0 Å². The van der Waals surface area contributed by atoms with Crippen molar-refractivity contribution in [2.24, 2.45) is 0 Å². The lowest BCUT2D eigenvalue weighted by molar-refractivity contribution is 0.268. The molecule has 21 heavy (non-hydrogen) atoms. The second-order valence-corrected chi connectivity index (χ2v) is 5.37. The third-order valence-corrected chi connectivity index (χ3v) is 3.40. The zero-order valence-electron chi connectivity index (χ0n) is 12.2. The summed E-state index contributed by atoms with van der Waals surface area (Å²) in [4.78, 5) is 0. The molecule has 0 heterocycles. The second-order valence-electron chi connectivity index (χ2n) is 4.94. The molecule has 0 spiro atoms. The molecule has 0 saturated carbocycles. The number of aryl methyl sites for hydroxylation is 1. The monoisotopic (exact) mass is 307 g/mol. The molecule has 2 rings (SSSR count). The van der Waals surface area contributed by atoms with Gasteiger partial charge in [-0.2, -0.15) is 0 Å². The second kappa shape index (κ2) is 7.43. The Morgan fingerprint density at radius 2 is 1.90 bits per heavy atom. The maximum absolute atomic E-state index is 13.6. The Hall–Kier alpha value is -1.58. The predicted molar refractivity (Wildman–Crippen MR) is 84.5 cm³/mol. The van der Waals surface area contributed by atoms with Crippen molar-refractivity contribution < 1.29 is 9.13 Å². The predicted octanol–water partition coefficient (Wildman–Crippen LogP) is 4.52. The van der Waals surface area contributed by atoms with E-state index in [4.69, 9.17) is 16.3 Å².